The minimum absolute atomic E-state index is 0.102. The van der Waals surface area contributed by atoms with Gasteiger partial charge in [-0.05, 0) is 51.4 Å². The molecule has 0 rings (SSSR count). The molecule has 0 bridgehead atoms. The van der Waals surface area contributed by atoms with Gasteiger partial charge in [-0.25, -0.2) is 9.13 Å². The maximum atomic E-state index is 13.1. The summed E-state index contributed by atoms with van der Waals surface area (Å²) in [6.07, 6.45) is 68.8. The number of hydrogen-bond acceptors (Lipinski definition) is 15. The average Bonchev–Trinajstić information content (AvgIpc) is 1.20. The van der Waals surface area contributed by atoms with Crippen LogP contribution in [0.4, 0.5) is 0 Å². The third-order valence-corrected chi connectivity index (χ3v) is 20.1. The molecule has 0 aromatic carbocycles. The van der Waals surface area contributed by atoms with Gasteiger partial charge in [0, 0.05) is 25.7 Å². The lowest BCUT2D eigenvalue weighted by Gasteiger charge is -2.21. The number of esters is 4. The lowest BCUT2D eigenvalue weighted by molar-refractivity contribution is -0.161. The number of phosphoric ester groups is 2. The molecule has 0 amide bonds. The van der Waals surface area contributed by atoms with Crippen molar-refractivity contribution >= 4 is 39.5 Å². The topological polar surface area (TPSA) is 237 Å². The molecule has 3 N–H and O–H groups in total. The summed E-state index contributed by atoms with van der Waals surface area (Å²) in [6.45, 7) is 4.93. The van der Waals surface area contributed by atoms with Gasteiger partial charge in [-0.1, -0.05) is 354 Å². The van der Waals surface area contributed by atoms with Crippen molar-refractivity contribution in [1.82, 2.24) is 0 Å². The molecular formula is C80H152O17P2. The van der Waals surface area contributed by atoms with Crippen molar-refractivity contribution in [3.8, 4) is 0 Å². The van der Waals surface area contributed by atoms with Crippen LogP contribution in [-0.4, -0.2) is 96.7 Å². The predicted octanol–water partition coefficient (Wildman–Crippen LogP) is 23.7. The Morgan fingerprint density at radius 2 is 0.485 bits per heavy atom. The fourth-order valence-corrected chi connectivity index (χ4v) is 13.5. The van der Waals surface area contributed by atoms with Gasteiger partial charge in [0.2, 0.25) is 0 Å². The van der Waals surface area contributed by atoms with E-state index in [1.807, 2.05) is 0 Å². The number of carbonyl (C=O) groups is 4. The van der Waals surface area contributed by atoms with E-state index < -0.39 is 97.5 Å². The average molecular weight is 1450 g/mol. The molecule has 0 aromatic heterocycles. The van der Waals surface area contributed by atoms with Crippen LogP contribution in [0.1, 0.15) is 407 Å². The van der Waals surface area contributed by atoms with E-state index in [2.05, 4.69) is 52.0 Å². The largest absolute Gasteiger partial charge is 0.472 e. The van der Waals surface area contributed by atoms with E-state index >= 15 is 0 Å². The van der Waals surface area contributed by atoms with Crippen LogP contribution < -0.4 is 0 Å². The maximum absolute atomic E-state index is 13.1. The highest BCUT2D eigenvalue weighted by molar-refractivity contribution is 7.47. The number of unbranched alkanes of at least 4 members (excludes halogenated alkanes) is 50. The van der Waals surface area contributed by atoms with Gasteiger partial charge >= 0.3 is 39.5 Å². The lowest BCUT2D eigenvalue weighted by atomic mass is 10.0. The predicted molar refractivity (Wildman–Crippen MR) is 405 cm³/mol. The molecule has 0 aliphatic heterocycles. The summed E-state index contributed by atoms with van der Waals surface area (Å²) in [5, 5.41) is 10.6. The van der Waals surface area contributed by atoms with Crippen molar-refractivity contribution in [2.24, 2.45) is 0 Å². The first-order chi connectivity index (χ1) is 48.2. The van der Waals surface area contributed by atoms with Crippen molar-refractivity contribution < 1.29 is 80.2 Å². The molecule has 2 unspecified atom stereocenters. The third-order valence-electron chi connectivity index (χ3n) is 18.2. The number of hydrogen-bond donors (Lipinski definition) is 3. The van der Waals surface area contributed by atoms with Crippen LogP contribution in [0.2, 0.25) is 0 Å². The Kier molecular flexibility index (Phi) is 72.0. The van der Waals surface area contributed by atoms with Crippen LogP contribution in [0.25, 0.3) is 0 Å². The monoisotopic (exact) mass is 1450 g/mol. The molecule has 0 saturated heterocycles. The highest BCUT2D eigenvalue weighted by Crippen LogP contribution is 2.45. The number of allylic oxidation sites excluding steroid dienone is 4. The van der Waals surface area contributed by atoms with Gasteiger partial charge < -0.3 is 33.8 Å². The van der Waals surface area contributed by atoms with E-state index in [1.165, 1.54) is 218 Å². The molecule has 0 aromatic rings. The smallest absolute Gasteiger partial charge is 0.462 e. The molecule has 0 aliphatic carbocycles. The molecule has 0 spiro atoms. The minimum Gasteiger partial charge on any atom is -0.462 e. The molecule has 0 heterocycles. The number of aliphatic hydroxyl groups excluding tert-OH is 1. The van der Waals surface area contributed by atoms with Gasteiger partial charge in [0.1, 0.15) is 19.3 Å². The number of aliphatic hydroxyl groups is 1. The van der Waals surface area contributed by atoms with Crippen LogP contribution in [0, 0.1) is 0 Å². The highest BCUT2D eigenvalue weighted by Gasteiger charge is 2.30. The Balaban J connectivity index is 5.23. The van der Waals surface area contributed by atoms with Gasteiger partial charge in [0.05, 0.1) is 26.4 Å². The second kappa shape index (κ2) is 73.8. The quantitative estimate of drug-likeness (QED) is 0.0169. The number of phosphoric acid groups is 2. The van der Waals surface area contributed by atoms with Gasteiger partial charge in [0.25, 0.3) is 0 Å². The summed E-state index contributed by atoms with van der Waals surface area (Å²) in [7, 11) is -9.92. The fraction of sp³-hybridized carbons (Fsp3) is 0.900. The van der Waals surface area contributed by atoms with Gasteiger partial charge in [-0.15, -0.1) is 0 Å². The molecule has 584 valence electrons. The SMILES string of the molecule is CCCCCC/C=C\C=C/CCCCCCCC(=O)OC[C@H](COP(=O)(O)OC[C@@H](O)COP(=O)(O)OC[C@@H](COC(=O)CCCCCCCCCCC)OC(=O)CCCCCCCCCCCCCCCC)OC(=O)CCCCCCCCCCCCCCCCCCCCCCC. The fourth-order valence-electron chi connectivity index (χ4n) is 11.9. The molecule has 99 heavy (non-hydrogen) atoms. The zero-order chi connectivity index (χ0) is 72.5. The van der Waals surface area contributed by atoms with Crippen LogP contribution in [0.15, 0.2) is 24.3 Å². The number of ether oxygens (including phenoxy) is 4. The highest BCUT2D eigenvalue weighted by atomic mass is 31.2. The van der Waals surface area contributed by atoms with Crippen molar-refractivity contribution in [2.45, 2.75) is 425 Å². The summed E-state index contributed by atoms with van der Waals surface area (Å²) < 4.78 is 68.6. The third kappa shape index (κ3) is 73.6. The van der Waals surface area contributed by atoms with Crippen molar-refractivity contribution in [2.75, 3.05) is 39.6 Å². The summed E-state index contributed by atoms with van der Waals surface area (Å²) >= 11 is 0. The first kappa shape index (κ1) is 96.5. The Hall–Kier alpha value is -2.46. The lowest BCUT2D eigenvalue weighted by Crippen LogP contribution is -2.30. The number of carbonyl (C=O) groups excluding carboxylic acids is 4. The van der Waals surface area contributed by atoms with Crippen molar-refractivity contribution in [3.63, 3.8) is 0 Å². The zero-order valence-corrected chi connectivity index (χ0v) is 65.7. The molecule has 5 atom stereocenters. The van der Waals surface area contributed by atoms with Crippen LogP contribution in [0.5, 0.6) is 0 Å². The standard InChI is InChI=1S/C80H152O17P2/c1-5-9-13-17-21-25-28-31-34-35-36-37-38-39-41-44-47-51-55-59-63-67-80(85)97-76(71-91-78(83)65-61-57-53-49-45-43-40-32-29-26-22-18-14-10-6-2)73-95-99(88,89)93-69-74(81)68-92-98(86,87)94-72-75(70-90-77(82)64-60-56-52-48-24-20-16-12-8-4)96-79(84)66-62-58-54-50-46-42-33-30-27-23-19-15-11-7-3/h26,29,32,40,74-76,81H,5-25,27-28,30-31,33-39,41-73H2,1-4H3,(H,86,87)(H,88,89)/b29-26-,40-32-/t74-,75+,76+/m0/s1. The molecule has 0 radical (unpaired) electrons. The Bertz CT molecular complexity index is 1970. The number of rotatable bonds is 79. The second-order valence-electron chi connectivity index (χ2n) is 28.1. The summed E-state index contributed by atoms with van der Waals surface area (Å²) in [5.41, 5.74) is 0. The van der Waals surface area contributed by atoms with E-state index in [9.17, 15) is 43.2 Å². The first-order valence-electron chi connectivity index (χ1n) is 41.1. The maximum Gasteiger partial charge on any atom is 0.472 e. The second-order valence-corrected chi connectivity index (χ2v) is 31.0. The zero-order valence-electron chi connectivity index (χ0n) is 64.0. The molecule has 0 saturated carbocycles. The molecule has 0 aliphatic rings. The summed E-state index contributed by atoms with van der Waals surface area (Å²) in [6, 6.07) is 0. The van der Waals surface area contributed by atoms with E-state index in [-0.39, 0.29) is 25.7 Å². The van der Waals surface area contributed by atoms with Crippen LogP contribution in [-0.2, 0) is 65.4 Å². The first-order valence-corrected chi connectivity index (χ1v) is 44.1. The minimum atomic E-state index is -4.97. The Morgan fingerprint density at radius 1 is 0.283 bits per heavy atom. The van der Waals surface area contributed by atoms with Gasteiger partial charge in [-0.3, -0.25) is 37.3 Å². The van der Waals surface area contributed by atoms with Gasteiger partial charge in [0.15, 0.2) is 12.2 Å². The van der Waals surface area contributed by atoms with Crippen molar-refractivity contribution in [1.29, 1.82) is 0 Å². The van der Waals surface area contributed by atoms with Crippen molar-refractivity contribution in [3.05, 3.63) is 24.3 Å². The van der Waals surface area contributed by atoms with E-state index in [1.54, 1.807) is 0 Å². The Morgan fingerprint density at radius 3 is 0.737 bits per heavy atom. The molecular weight excluding hydrogens is 1290 g/mol. The van der Waals surface area contributed by atoms with Crippen LogP contribution in [0.3, 0.4) is 0 Å². The van der Waals surface area contributed by atoms with E-state index in [0.29, 0.717) is 25.7 Å². The van der Waals surface area contributed by atoms with E-state index in [4.69, 9.17) is 37.0 Å². The summed E-state index contributed by atoms with van der Waals surface area (Å²) in [4.78, 5) is 72.9. The molecule has 0 fully saturated rings. The summed E-state index contributed by atoms with van der Waals surface area (Å²) in [5.74, 6) is -2.14. The van der Waals surface area contributed by atoms with Gasteiger partial charge in [-0.2, -0.15) is 0 Å². The molecule has 19 heteroatoms. The Labute approximate surface area is 605 Å². The van der Waals surface area contributed by atoms with E-state index in [0.717, 1.165) is 109 Å². The molecule has 17 nitrogen and oxygen atoms in total. The van der Waals surface area contributed by atoms with Crippen LogP contribution >= 0.6 is 15.6 Å². The normalized spacial score (nSPS) is 14.0.